The summed E-state index contributed by atoms with van der Waals surface area (Å²) in [7, 11) is 1.59. The van der Waals surface area contributed by atoms with Crippen LogP contribution in [0.25, 0.3) is 0 Å². The average molecular weight is 318 g/mol. The van der Waals surface area contributed by atoms with Crippen LogP contribution in [0.15, 0.2) is 35.7 Å². The molecule has 0 radical (unpaired) electrons. The highest BCUT2D eigenvalue weighted by Gasteiger charge is 2.06. The summed E-state index contributed by atoms with van der Waals surface area (Å²) < 4.78 is 5.13. The zero-order chi connectivity index (χ0) is 15.8. The molecule has 0 fully saturated rings. The number of nitrogen functional groups attached to an aromatic ring is 1. The van der Waals surface area contributed by atoms with E-state index >= 15 is 0 Å². The van der Waals surface area contributed by atoms with Crippen molar-refractivity contribution < 1.29 is 9.53 Å². The average Bonchev–Trinajstić information content (AvgIpc) is 3.02. The number of hydrogen-bond acceptors (Lipinski definition) is 4. The molecule has 0 aliphatic heterocycles. The fraction of sp³-hybridized carbons (Fsp3) is 0.353. The molecule has 0 saturated carbocycles. The number of aryl methyl sites for hydroxylation is 1. The van der Waals surface area contributed by atoms with Crippen LogP contribution < -0.4 is 15.8 Å². The van der Waals surface area contributed by atoms with Gasteiger partial charge in [-0.15, -0.1) is 11.3 Å². The molecule has 0 saturated heterocycles. The first-order chi connectivity index (χ1) is 10.7. The number of amides is 1. The lowest BCUT2D eigenvalue weighted by Gasteiger charge is -2.10. The Balaban J connectivity index is 1.69. The summed E-state index contributed by atoms with van der Waals surface area (Å²) in [5, 5.41) is 4.95. The van der Waals surface area contributed by atoms with E-state index in [1.165, 1.54) is 4.88 Å². The van der Waals surface area contributed by atoms with Crippen LogP contribution in [0.2, 0.25) is 0 Å². The van der Waals surface area contributed by atoms with Crippen LogP contribution in [-0.4, -0.2) is 13.0 Å². The van der Waals surface area contributed by atoms with Gasteiger partial charge >= 0.3 is 0 Å². The molecule has 0 atom stereocenters. The van der Waals surface area contributed by atoms with Crippen molar-refractivity contribution in [2.24, 2.45) is 0 Å². The monoisotopic (exact) mass is 318 g/mol. The second kappa shape index (κ2) is 8.44. The number of benzene rings is 1. The van der Waals surface area contributed by atoms with Crippen molar-refractivity contribution in [1.82, 2.24) is 0 Å². The summed E-state index contributed by atoms with van der Waals surface area (Å²) in [5.41, 5.74) is 7.02. The lowest BCUT2D eigenvalue weighted by Crippen LogP contribution is -2.12. The van der Waals surface area contributed by atoms with Crippen molar-refractivity contribution in [3.8, 4) is 5.75 Å². The standard InChI is InChI=1S/C17H22N2O2S/c1-21-13-9-10-15(18)16(12-13)19-17(20)8-4-2-3-6-14-7-5-11-22-14/h5,7,9-12H,2-4,6,8,18H2,1H3,(H,19,20). The molecule has 0 unspecified atom stereocenters. The minimum absolute atomic E-state index is 0.00363. The predicted molar refractivity (Wildman–Crippen MR) is 92.5 cm³/mol. The maximum atomic E-state index is 12.0. The van der Waals surface area contributed by atoms with Crippen LogP contribution in [0.5, 0.6) is 5.75 Å². The van der Waals surface area contributed by atoms with Crippen LogP contribution in [0.4, 0.5) is 11.4 Å². The highest BCUT2D eigenvalue weighted by Crippen LogP contribution is 2.24. The minimum Gasteiger partial charge on any atom is -0.497 e. The Morgan fingerprint density at radius 3 is 2.86 bits per heavy atom. The third-order valence-corrected chi connectivity index (χ3v) is 4.38. The van der Waals surface area contributed by atoms with E-state index in [4.69, 9.17) is 10.5 Å². The number of anilines is 2. The van der Waals surface area contributed by atoms with Gasteiger partial charge < -0.3 is 15.8 Å². The van der Waals surface area contributed by atoms with E-state index in [0.29, 0.717) is 23.5 Å². The Bertz CT molecular complexity index is 597. The summed E-state index contributed by atoms with van der Waals surface area (Å²) in [6.07, 6.45) is 4.68. The SMILES string of the molecule is COc1ccc(N)c(NC(=O)CCCCCc2cccs2)c1. The maximum Gasteiger partial charge on any atom is 0.224 e. The van der Waals surface area contributed by atoms with E-state index < -0.39 is 0 Å². The molecule has 22 heavy (non-hydrogen) atoms. The van der Waals surface area contributed by atoms with E-state index in [0.717, 1.165) is 25.7 Å². The van der Waals surface area contributed by atoms with Crippen molar-refractivity contribution in [1.29, 1.82) is 0 Å². The number of nitrogens with one attached hydrogen (secondary N) is 1. The molecule has 0 aliphatic rings. The quantitative estimate of drug-likeness (QED) is 0.569. The number of nitrogens with two attached hydrogens (primary N) is 1. The molecule has 0 spiro atoms. The van der Waals surface area contributed by atoms with E-state index in [9.17, 15) is 4.79 Å². The van der Waals surface area contributed by atoms with Gasteiger partial charge in [0.2, 0.25) is 5.91 Å². The molecule has 5 heteroatoms. The van der Waals surface area contributed by atoms with Crippen molar-refractivity contribution >= 4 is 28.6 Å². The lowest BCUT2D eigenvalue weighted by molar-refractivity contribution is -0.116. The van der Waals surface area contributed by atoms with Crippen LogP contribution >= 0.6 is 11.3 Å². The van der Waals surface area contributed by atoms with E-state index in [1.54, 1.807) is 36.6 Å². The smallest absolute Gasteiger partial charge is 0.224 e. The Kier molecular flexibility index (Phi) is 6.27. The van der Waals surface area contributed by atoms with Gasteiger partial charge in [0.25, 0.3) is 0 Å². The summed E-state index contributed by atoms with van der Waals surface area (Å²) in [6.45, 7) is 0. The number of unbranched alkanes of at least 4 members (excludes halogenated alkanes) is 2. The third kappa shape index (κ3) is 5.07. The van der Waals surface area contributed by atoms with Gasteiger partial charge in [-0.25, -0.2) is 0 Å². The summed E-state index contributed by atoms with van der Waals surface area (Å²) in [6, 6.07) is 9.48. The van der Waals surface area contributed by atoms with Crippen molar-refractivity contribution in [3.63, 3.8) is 0 Å². The van der Waals surface area contributed by atoms with E-state index in [-0.39, 0.29) is 5.91 Å². The third-order valence-electron chi connectivity index (χ3n) is 3.44. The van der Waals surface area contributed by atoms with Gasteiger partial charge in [-0.05, 0) is 42.8 Å². The molecule has 1 aromatic heterocycles. The minimum atomic E-state index is -0.00363. The number of ether oxygens (including phenoxy) is 1. The molecule has 0 bridgehead atoms. The number of hydrogen-bond donors (Lipinski definition) is 2. The number of rotatable bonds is 8. The highest BCUT2D eigenvalue weighted by molar-refractivity contribution is 7.09. The van der Waals surface area contributed by atoms with Gasteiger partial charge in [0.05, 0.1) is 18.5 Å². The predicted octanol–water partition coefficient (Wildman–Crippen LogP) is 4.08. The van der Waals surface area contributed by atoms with Gasteiger partial charge in [0.15, 0.2) is 0 Å². The van der Waals surface area contributed by atoms with Gasteiger partial charge in [0, 0.05) is 17.4 Å². The Morgan fingerprint density at radius 2 is 2.14 bits per heavy atom. The molecular weight excluding hydrogens is 296 g/mol. The molecular formula is C17H22N2O2S. The first-order valence-corrected chi connectivity index (χ1v) is 8.33. The van der Waals surface area contributed by atoms with E-state index in [1.807, 2.05) is 0 Å². The van der Waals surface area contributed by atoms with Crippen LogP contribution in [0, 0.1) is 0 Å². The largest absolute Gasteiger partial charge is 0.497 e. The van der Waals surface area contributed by atoms with Crippen LogP contribution in [-0.2, 0) is 11.2 Å². The summed E-state index contributed by atoms with van der Waals surface area (Å²) in [5.74, 6) is 0.677. The number of carbonyl (C=O) groups is 1. The molecule has 2 aromatic rings. The molecule has 1 aromatic carbocycles. The summed E-state index contributed by atoms with van der Waals surface area (Å²) in [4.78, 5) is 13.4. The fourth-order valence-electron chi connectivity index (χ4n) is 2.20. The van der Waals surface area contributed by atoms with Crippen molar-refractivity contribution in [3.05, 3.63) is 40.6 Å². The molecule has 1 amide bonds. The number of thiophene rings is 1. The van der Waals surface area contributed by atoms with Crippen LogP contribution in [0.3, 0.4) is 0 Å². The Labute approximate surface area is 135 Å². The molecule has 118 valence electrons. The normalized spacial score (nSPS) is 10.4. The molecule has 0 aliphatic carbocycles. The lowest BCUT2D eigenvalue weighted by atomic mass is 10.1. The van der Waals surface area contributed by atoms with Gasteiger partial charge in [-0.3, -0.25) is 4.79 Å². The molecule has 2 rings (SSSR count). The zero-order valence-electron chi connectivity index (χ0n) is 12.8. The van der Waals surface area contributed by atoms with Crippen molar-refractivity contribution in [2.75, 3.05) is 18.2 Å². The second-order valence-corrected chi connectivity index (χ2v) is 6.17. The second-order valence-electron chi connectivity index (χ2n) is 5.14. The van der Waals surface area contributed by atoms with Crippen LogP contribution in [0.1, 0.15) is 30.6 Å². The van der Waals surface area contributed by atoms with Crippen molar-refractivity contribution in [2.45, 2.75) is 32.1 Å². The fourth-order valence-corrected chi connectivity index (χ4v) is 2.95. The zero-order valence-corrected chi connectivity index (χ0v) is 13.6. The first kappa shape index (κ1) is 16.4. The Hall–Kier alpha value is -2.01. The number of carbonyl (C=O) groups excluding carboxylic acids is 1. The molecule has 4 nitrogen and oxygen atoms in total. The van der Waals surface area contributed by atoms with E-state index in [2.05, 4.69) is 22.8 Å². The van der Waals surface area contributed by atoms with Gasteiger partial charge in [-0.2, -0.15) is 0 Å². The Morgan fingerprint density at radius 1 is 1.27 bits per heavy atom. The maximum absolute atomic E-state index is 12.0. The number of methoxy groups -OCH3 is 1. The summed E-state index contributed by atoms with van der Waals surface area (Å²) >= 11 is 1.79. The molecule has 1 heterocycles. The highest BCUT2D eigenvalue weighted by atomic mass is 32.1. The first-order valence-electron chi connectivity index (χ1n) is 7.45. The molecule has 3 N–H and O–H groups in total. The topological polar surface area (TPSA) is 64.3 Å². The van der Waals surface area contributed by atoms with Gasteiger partial charge in [0.1, 0.15) is 5.75 Å². The van der Waals surface area contributed by atoms with Gasteiger partial charge in [-0.1, -0.05) is 12.5 Å².